The topological polar surface area (TPSA) is 41.8 Å². The van der Waals surface area contributed by atoms with Gasteiger partial charge in [-0.05, 0) is 49.1 Å². The first-order chi connectivity index (χ1) is 7.24. The Bertz CT molecular complexity index is 523. The molecule has 0 atom stereocenters. The molecule has 3 N–H and O–H groups in total. The van der Waals surface area contributed by atoms with Gasteiger partial charge in [0.15, 0.2) is 0 Å². The van der Waals surface area contributed by atoms with Crippen LogP contribution < -0.4 is 5.73 Å². The lowest BCUT2D eigenvalue weighted by atomic mass is 9.90. The number of H-pyrrole nitrogens is 1. The van der Waals surface area contributed by atoms with E-state index < -0.39 is 0 Å². The predicted octanol–water partition coefficient (Wildman–Crippen LogP) is 2.67. The number of anilines is 1. The Hall–Kier alpha value is -1.70. The zero-order valence-corrected chi connectivity index (χ0v) is 8.80. The summed E-state index contributed by atoms with van der Waals surface area (Å²) in [6.07, 6.45) is 2.22. The molecular formula is C13H14N2. The monoisotopic (exact) mass is 198 g/mol. The highest BCUT2D eigenvalue weighted by atomic mass is 14.7. The summed E-state index contributed by atoms with van der Waals surface area (Å²) in [7, 11) is 0. The summed E-state index contributed by atoms with van der Waals surface area (Å²) in [5.41, 5.74) is 13.3. The SMILES string of the molecule is Cc1cc2c([nH]1)-c1ccc(N)cc1CC2. The van der Waals surface area contributed by atoms with Gasteiger partial charge in [0.2, 0.25) is 0 Å². The third kappa shape index (κ3) is 1.25. The van der Waals surface area contributed by atoms with E-state index in [2.05, 4.69) is 30.1 Å². The van der Waals surface area contributed by atoms with Gasteiger partial charge in [0.05, 0.1) is 0 Å². The highest BCUT2D eigenvalue weighted by Gasteiger charge is 2.17. The van der Waals surface area contributed by atoms with Gasteiger partial charge in [-0.1, -0.05) is 6.07 Å². The standard InChI is InChI=1S/C13H14N2/c1-8-6-10-3-2-9-7-11(14)4-5-12(9)13(10)15-8/h4-7,15H,2-3,14H2,1H3. The number of nitrogen functional groups attached to an aromatic ring is 1. The van der Waals surface area contributed by atoms with Gasteiger partial charge in [-0.25, -0.2) is 0 Å². The van der Waals surface area contributed by atoms with Crippen molar-refractivity contribution in [2.24, 2.45) is 0 Å². The number of nitrogens with one attached hydrogen (secondary N) is 1. The molecule has 0 saturated carbocycles. The van der Waals surface area contributed by atoms with Crippen LogP contribution in [0.15, 0.2) is 24.3 Å². The number of fused-ring (bicyclic) bond motifs is 3. The molecule has 0 aliphatic heterocycles. The van der Waals surface area contributed by atoms with E-state index in [-0.39, 0.29) is 0 Å². The molecule has 2 nitrogen and oxygen atoms in total. The largest absolute Gasteiger partial charge is 0.399 e. The van der Waals surface area contributed by atoms with E-state index >= 15 is 0 Å². The molecule has 0 radical (unpaired) electrons. The average molecular weight is 198 g/mol. The van der Waals surface area contributed by atoms with E-state index in [0.717, 1.165) is 18.5 Å². The molecule has 0 bridgehead atoms. The summed E-state index contributed by atoms with van der Waals surface area (Å²) in [4.78, 5) is 3.43. The molecule has 2 aromatic rings. The van der Waals surface area contributed by atoms with Crippen LogP contribution in [-0.2, 0) is 12.8 Å². The number of aryl methyl sites for hydroxylation is 3. The second kappa shape index (κ2) is 2.89. The van der Waals surface area contributed by atoms with Gasteiger partial charge in [0.25, 0.3) is 0 Å². The maximum atomic E-state index is 5.80. The van der Waals surface area contributed by atoms with Gasteiger partial charge in [0, 0.05) is 22.6 Å². The first-order valence-corrected chi connectivity index (χ1v) is 5.31. The summed E-state index contributed by atoms with van der Waals surface area (Å²) >= 11 is 0. The second-order valence-electron chi connectivity index (χ2n) is 4.27. The van der Waals surface area contributed by atoms with Crippen LogP contribution in [0.2, 0.25) is 0 Å². The maximum Gasteiger partial charge on any atom is 0.0491 e. The lowest BCUT2D eigenvalue weighted by Crippen LogP contribution is -2.03. The number of aromatic amines is 1. The van der Waals surface area contributed by atoms with Crippen LogP contribution in [0.5, 0.6) is 0 Å². The van der Waals surface area contributed by atoms with Crippen molar-refractivity contribution in [1.29, 1.82) is 0 Å². The van der Waals surface area contributed by atoms with Gasteiger partial charge in [0.1, 0.15) is 0 Å². The van der Waals surface area contributed by atoms with Gasteiger partial charge in [-0.3, -0.25) is 0 Å². The van der Waals surface area contributed by atoms with Crippen molar-refractivity contribution >= 4 is 5.69 Å². The van der Waals surface area contributed by atoms with Gasteiger partial charge in [-0.2, -0.15) is 0 Å². The van der Waals surface area contributed by atoms with Gasteiger partial charge in [-0.15, -0.1) is 0 Å². The van der Waals surface area contributed by atoms with E-state index in [4.69, 9.17) is 5.73 Å². The molecule has 3 rings (SSSR count). The molecule has 1 aromatic carbocycles. The molecule has 0 saturated heterocycles. The molecule has 1 heterocycles. The number of aromatic nitrogens is 1. The Morgan fingerprint density at radius 3 is 2.80 bits per heavy atom. The van der Waals surface area contributed by atoms with Crippen molar-refractivity contribution in [2.75, 3.05) is 5.73 Å². The Morgan fingerprint density at radius 1 is 1.13 bits per heavy atom. The number of benzene rings is 1. The molecule has 1 aliphatic carbocycles. The number of hydrogen-bond donors (Lipinski definition) is 2. The van der Waals surface area contributed by atoms with E-state index in [1.54, 1.807) is 0 Å². The molecule has 76 valence electrons. The van der Waals surface area contributed by atoms with Crippen LogP contribution in [0.25, 0.3) is 11.3 Å². The molecule has 1 aromatic heterocycles. The van der Waals surface area contributed by atoms with Crippen LogP contribution in [0, 0.1) is 6.92 Å². The fraction of sp³-hybridized carbons (Fsp3) is 0.231. The number of hydrogen-bond acceptors (Lipinski definition) is 1. The highest BCUT2D eigenvalue weighted by molar-refractivity contribution is 5.72. The fourth-order valence-corrected chi connectivity index (χ4v) is 2.42. The molecule has 0 amide bonds. The summed E-state index contributed by atoms with van der Waals surface area (Å²) in [5, 5.41) is 0. The lowest BCUT2D eigenvalue weighted by Gasteiger charge is -2.16. The zero-order valence-electron chi connectivity index (χ0n) is 8.80. The van der Waals surface area contributed by atoms with E-state index in [9.17, 15) is 0 Å². The summed E-state index contributed by atoms with van der Waals surface area (Å²) < 4.78 is 0. The van der Waals surface area contributed by atoms with Gasteiger partial charge >= 0.3 is 0 Å². The minimum atomic E-state index is 0.862. The van der Waals surface area contributed by atoms with E-state index in [0.29, 0.717) is 0 Å². The quantitative estimate of drug-likeness (QED) is 0.628. The van der Waals surface area contributed by atoms with Crippen molar-refractivity contribution in [3.8, 4) is 11.3 Å². The number of nitrogens with two attached hydrogens (primary N) is 1. The van der Waals surface area contributed by atoms with Crippen LogP contribution >= 0.6 is 0 Å². The molecule has 1 aliphatic rings. The van der Waals surface area contributed by atoms with Crippen LogP contribution in [0.1, 0.15) is 16.8 Å². The molecular weight excluding hydrogens is 184 g/mol. The highest BCUT2D eigenvalue weighted by Crippen LogP contribution is 2.34. The third-order valence-corrected chi connectivity index (χ3v) is 3.10. The fourth-order valence-electron chi connectivity index (χ4n) is 2.42. The van der Waals surface area contributed by atoms with Crippen LogP contribution in [0.3, 0.4) is 0 Å². The first-order valence-electron chi connectivity index (χ1n) is 5.31. The lowest BCUT2D eigenvalue weighted by molar-refractivity contribution is 0.942. The molecule has 2 heteroatoms. The Balaban J connectivity index is 2.25. The van der Waals surface area contributed by atoms with Gasteiger partial charge < -0.3 is 10.7 Å². The van der Waals surface area contributed by atoms with E-state index in [1.165, 1.54) is 28.1 Å². The maximum absolute atomic E-state index is 5.80. The molecule has 0 unspecified atom stereocenters. The molecule has 0 fully saturated rings. The van der Waals surface area contributed by atoms with Crippen molar-refractivity contribution in [2.45, 2.75) is 19.8 Å². The normalized spacial score (nSPS) is 13.4. The van der Waals surface area contributed by atoms with E-state index in [1.807, 2.05) is 6.07 Å². The Kier molecular flexibility index (Phi) is 1.66. The first kappa shape index (κ1) is 8.60. The summed E-state index contributed by atoms with van der Waals surface area (Å²) in [6.45, 7) is 2.11. The smallest absolute Gasteiger partial charge is 0.0491 e. The predicted molar refractivity (Wildman–Crippen MR) is 62.8 cm³/mol. The minimum absolute atomic E-state index is 0.862. The average Bonchev–Trinajstić information content (AvgIpc) is 2.58. The number of rotatable bonds is 0. The Labute approximate surface area is 89.1 Å². The van der Waals surface area contributed by atoms with Crippen molar-refractivity contribution in [1.82, 2.24) is 4.98 Å². The van der Waals surface area contributed by atoms with Crippen LogP contribution in [-0.4, -0.2) is 4.98 Å². The van der Waals surface area contributed by atoms with Crippen LogP contribution in [0.4, 0.5) is 5.69 Å². The minimum Gasteiger partial charge on any atom is -0.399 e. The third-order valence-electron chi connectivity index (χ3n) is 3.10. The van der Waals surface area contributed by atoms with Crippen molar-refractivity contribution in [3.63, 3.8) is 0 Å². The van der Waals surface area contributed by atoms with Crippen molar-refractivity contribution in [3.05, 3.63) is 41.1 Å². The Morgan fingerprint density at radius 2 is 1.93 bits per heavy atom. The molecule has 0 spiro atoms. The zero-order chi connectivity index (χ0) is 10.4. The van der Waals surface area contributed by atoms with Crippen molar-refractivity contribution < 1.29 is 0 Å². The molecule has 15 heavy (non-hydrogen) atoms. The second-order valence-corrected chi connectivity index (χ2v) is 4.27. The summed E-state index contributed by atoms with van der Waals surface area (Å²) in [5.74, 6) is 0. The summed E-state index contributed by atoms with van der Waals surface area (Å²) in [6, 6.07) is 8.44.